The van der Waals surface area contributed by atoms with Crippen LogP contribution in [0.3, 0.4) is 0 Å². The molecule has 2 radical (unpaired) electrons. The minimum Gasteiger partial charge on any atom is -0.478 e. The summed E-state index contributed by atoms with van der Waals surface area (Å²) in [6.07, 6.45) is 0. The Balaban J connectivity index is 0.00000196. The molecule has 0 aromatic heterocycles. The molecule has 0 aliphatic carbocycles. The van der Waals surface area contributed by atoms with Crippen molar-refractivity contribution in [1.82, 2.24) is 0 Å². The number of carbonyl (C=O) groups is 1. The number of rotatable bonds is 2. The number of nitro groups is 1. The molecular formula is C9H9CaNO4. The van der Waals surface area contributed by atoms with Gasteiger partial charge in [-0.05, 0) is 25.5 Å². The maximum absolute atomic E-state index is 10.7. The Labute approximate surface area is 116 Å². The molecule has 0 aliphatic heterocycles. The molecule has 5 nitrogen and oxygen atoms in total. The molecule has 0 spiro atoms. The molecular weight excluding hydrogens is 226 g/mol. The summed E-state index contributed by atoms with van der Waals surface area (Å²) in [5, 5.41) is 19.3. The first-order valence-corrected chi connectivity index (χ1v) is 3.93. The van der Waals surface area contributed by atoms with Gasteiger partial charge in [-0.15, -0.1) is 0 Å². The third kappa shape index (κ3) is 2.90. The summed E-state index contributed by atoms with van der Waals surface area (Å²) in [6, 6.07) is 2.47. The Morgan fingerprint density at radius 1 is 1.33 bits per heavy atom. The number of nitrogens with zero attached hydrogens (tertiary/aromatic N) is 1. The Kier molecular flexibility index (Phi) is 5.20. The molecule has 15 heavy (non-hydrogen) atoms. The molecule has 0 bridgehead atoms. The summed E-state index contributed by atoms with van der Waals surface area (Å²) in [5.41, 5.74) is 0.891. The predicted octanol–water partition coefficient (Wildman–Crippen LogP) is 1.53. The molecule has 1 aromatic carbocycles. The molecule has 1 aromatic rings. The quantitative estimate of drug-likeness (QED) is 0.479. The van der Waals surface area contributed by atoms with Gasteiger partial charge in [0, 0.05) is 49.4 Å². The summed E-state index contributed by atoms with van der Waals surface area (Å²) in [5.74, 6) is -1.07. The molecule has 0 unspecified atom stereocenters. The molecule has 0 amide bonds. The number of benzene rings is 1. The molecule has 1 N–H and O–H groups in total. The van der Waals surface area contributed by atoms with Gasteiger partial charge in [-0.25, -0.2) is 4.79 Å². The summed E-state index contributed by atoms with van der Waals surface area (Å²) in [7, 11) is 0. The zero-order chi connectivity index (χ0) is 10.9. The molecule has 76 valence electrons. The van der Waals surface area contributed by atoms with E-state index in [0.717, 1.165) is 0 Å². The Bertz CT molecular complexity index is 378. The van der Waals surface area contributed by atoms with E-state index in [4.69, 9.17) is 5.11 Å². The van der Waals surface area contributed by atoms with E-state index >= 15 is 0 Å². The van der Waals surface area contributed by atoms with E-state index in [9.17, 15) is 14.9 Å². The van der Waals surface area contributed by atoms with Crippen molar-refractivity contribution in [1.29, 1.82) is 0 Å². The van der Waals surface area contributed by atoms with E-state index in [0.29, 0.717) is 11.1 Å². The van der Waals surface area contributed by atoms with Crippen LogP contribution in [-0.4, -0.2) is 53.7 Å². The number of hydrogen-bond donors (Lipinski definition) is 1. The van der Waals surface area contributed by atoms with Gasteiger partial charge in [0.1, 0.15) is 0 Å². The van der Waals surface area contributed by atoms with Crippen LogP contribution in [0, 0.1) is 24.0 Å². The average molecular weight is 235 g/mol. The zero-order valence-corrected chi connectivity index (χ0v) is 10.7. The minimum atomic E-state index is -1.07. The molecule has 0 saturated carbocycles. The van der Waals surface area contributed by atoms with E-state index in [1.807, 2.05) is 0 Å². The fraction of sp³-hybridized carbons (Fsp3) is 0.222. The van der Waals surface area contributed by atoms with Crippen molar-refractivity contribution in [3.05, 3.63) is 38.9 Å². The Hall–Kier alpha value is -0.650. The van der Waals surface area contributed by atoms with Crippen LogP contribution in [-0.2, 0) is 0 Å². The van der Waals surface area contributed by atoms with Crippen LogP contribution in [0.4, 0.5) is 5.69 Å². The summed E-state index contributed by atoms with van der Waals surface area (Å²) < 4.78 is 0. The average Bonchev–Trinajstić information content (AvgIpc) is 2.08. The normalized spacial score (nSPS) is 9.20. The molecule has 0 aliphatic rings. The van der Waals surface area contributed by atoms with Crippen LogP contribution in [0.2, 0.25) is 0 Å². The smallest absolute Gasteiger partial charge is 0.335 e. The van der Waals surface area contributed by atoms with E-state index in [1.165, 1.54) is 12.1 Å². The second kappa shape index (κ2) is 5.44. The van der Waals surface area contributed by atoms with Crippen molar-refractivity contribution >= 4 is 49.4 Å². The van der Waals surface area contributed by atoms with Crippen molar-refractivity contribution in [2.24, 2.45) is 0 Å². The van der Waals surface area contributed by atoms with Gasteiger partial charge in [0.2, 0.25) is 0 Å². The number of aromatic carboxylic acids is 1. The molecule has 1 rings (SSSR count). The summed E-state index contributed by atoms with van der Waals surface area (Å²) in [6.45, 7) is 3.10. The summed E-state index contributed by atoms with van der Waals surface area (Å²) in [4.78, 5) is 20.7. The van der Waals surface area contributed by atoms with Gasteiger partial charge < -0.3 is 5.11 Å². The second-order valence-corrected chi connectivity index (χ2v) is 2.94. The maximum Gasteiger partial charge on any atom is 0.335 e. The standard InChI is InChI=1S/C9H9NO4.Ca/c1-5-6(2)8(10(13)14)4-3-7(5)9(11)12;/h3-4H,1-2H3,(H,11,12);. The minimum absolute atomic E-state index is 0. The van der Waals surface area contributed by atoms with Gasteiger partial charge in [-0.1, -0.05) is 0 Å². The van der Waals surface area contributed by atoms with Crippen molar-refractivity contribution in [2.75, 3.05) is 0 Å². The Morgan fingerprint density at radius 2 is 1.87 bits per heavy atom. The zero-order valence-electron chi connectivity index (χ0n) is 8.48. The largest absolute Gasteiger partial charge is 0.478 e. The van der Waals surface area contributed by atoms with E-state index < -0.39 is 10.9 Å². The number of nitro benzene ring substituents is 1. The van der Waals surface area contributed by atoms with Crippen LogP contribution < -0.4 is 0 Å². The predicted molar refractivity (Wildman–Crippen MR) is 55.3 cm³/mol. The fourth-order valence-corrected chi connectivity index (χ4v) is 1.24. The topological polar surface area (TPSA) is 80.4 Å². The first kappa shape index (κ1) is 14.3. The third-order valence-corrected chi connectivity index (χ3v) is 2.19. The van der Waals surface area contributed by atoms with E-state index in [2.05, 4.69) is 0 Å². The van der Waals surface area contributed by atoms with Crippen molar-refractivity contribution in [2.45, 2.75) is 13.8 Å². The molecule has 0 fully saturated rings. The van der Waals surface area contributed by atoms with Crippen LogP contribution in [0.5, 0.6) is 0 Å². The first-order chi connectivity index (χ1) is 6.45. The van der Waals surface area contributed by atoms with Gasteiger partial charge in [-0.3, -0.25) is 10.1 Å². The molecule has 0 atom stereocenters. The van der Waals surface area contributed by atoms with Gasteiger partial charge in [0.25, 0.3) is 5.69 Å². The van der Waals surface area contributed by atoms with Crippen LogP contribution in [0.25, 0.3) is 0 Å². The maximum atomic E-state index is 10.7. The monoisotopic (exact) mass is 235 g/mol. The van der Waals surface area contributed by atoms with Gasteiger partial charge in [-0.2, -0.15) is 0 Å². The summed E-state index contributed by atoms with van der Waals surface area (Å²) >= 11 is 0. The number of carboxylic acids is 1. The van der Waals surface area contributed by atoms with Crippen molar-refractivity contribution in [3.8, 4) is 0 Å². The molecule has 6 heteroatoms. The first-order valence-electron chi connectivity index (χ1n) is 3.93. The van der Waals surface area contributed by atoms with E-state index in [-0.39, 0.29) is 49.0 Å². The number of carboxylic acid groups (broad SMARTS) is 1. The van der Waals surface area contributed by atoms with Crippen molar-refractivity contribution in [3.63, 3.8) is 0 Å². The van der Waals surface area contributed by atoms with Crippen LogP contribution >= 0.6 is 0 Å². The van der Waals surface area contributed by atoms with Crippen LogP contribution in [0.1, 0.15) is 21.5 Å². The van der Waals surface area contributed by atoms with Gasteiger partial charge in [0.05, 0.1) is 10.5 Å². The Morgan fingerprint density at radius 3 is 2.27 bits per heavy atom. The molecule has 0 heterocycles. The fourth-order valence-electron chi connectivity index (χ4n) is 1.24. The van der Waals surface area contributed by atoms with Crippen LogP contribution in [0.15, 0.2) is 12.1 Å². The van der Waals surface area contributed by atoms with Crippen molar-refractivity contribution < 1.29 is 14.8 Å². The molecule has 0 saturated heterocycles. The van der Waals surface area contributed by atoms with Gasteiger partial charge >= 0.3 is 5.97 Å². The third-order valence-electron chi connectivity index (χ3n) is 2.19. The SMILES string of the molecule is Cc1c(C(=O)O)ccc([N+](=O)[O-])c1C.[Ca]. The number of hydrogen-bond acceptors (Lipinski definition) is 3. The van der Waals surface area contributed by atoms with E-state index in [1.54, 1.807) is 13.8 Å². The van der Waals surface area contributed by atoms with Gasteiger partial charge in [0.15, 0.2) is 0 Å². The second-order valence-electron chi connectivity index (χ2n) is 2.94.